The lowest BCUT2D eigenvalue weighted by Gasteiger charge is -2.00. The third-order valence-corrected chi connectivity index (χ3v) is 1.67. The van der Waals surface area contributed by atoms with Crippen molar-refractivity contribution in [2.24, 2.45) is 5.84 Å². The van der Waals surface area contributed by atoms with Gasteiger partial charge in [-0.1, -0.05) is 33.1 Å². The zero-order chi connectivity index (χ0) is 10.4. The summed E-state index contributed by atoms with van der Waals surface area (Å²) < 4.78 is 4.94. The third kappa shape index (κ3) is 18.7. The first-order chi connectivity index (χ1) is 6.41. The average molecular weight is 190 g/mol. The Morgan fingerprint density at radius 3 is 2.08 bits per heavy atom. The fourth-order valence-corrected chi connectivity index (χ4v) is 1.00. The van der Waals surface area contributed by atoms with Gasteiger partial charge in [0.25, 0.3) is 0 Å². The second kappa shape index (κ2) is 17.8. The predicted octanol–water partition coefficient (Wildman–Crippen LogP) is 2.07. The van der Waals surface area contributed by atoms with Gasteiger partial charge in [-0.05, 0) is 12.8 Å². The van der Waals surface area contributed by atoms with Crippen molar-refractivity contribution >= 4 is 0 Å². The number of nitrogens with two attached hydrogens (primary N) is 1. The molecule has 13 heavy (non-hydrogen) atoms. The topological polar surface area (TPSA) is 47.3 Å². The van der Waals surface area contributed by atoms with Gasteiger partial charge in [0, 0.05) is 20.3 Å². The molecule has 0 fully saturated rings. The lowest BCUT2D eigenvalue weighted by Crippen LogP contribution is -2.22. The van der Waals surface area contributed by atoms with E-state index in [0.29, 0.717) is 0 Å². The lowest BCUT2D eigenvalue weighted by molar-refractivity contribution is 0.192. The van der Waals surface area contributed by atoms with E-state index in [1.54, 1.807) is 7.11 Å². The smallest absolute Gasteiger partial charge is 0.0462 e. The Balaban J connectivity index is 0. The number of unbranched alkanes of at least 4 members (excludes halogenated alkanes) is 4. The van der Waals surface area contributed by atoms with Crippen LogP contribution in [0.1, 0.15) is 46.0 Å². The van der Waals surface area contributed by atoms with Crippen LogP contribution >= 0.6 is 0 Å². The summed E-state index contributed by atoms with van der Waals surface area (Å²) in [4.78, 5) is 0. The second-order valence-corrected chi connectivity index (χ2v) is 2.71. The molecule has 0 aromatic carbocycles. The van der Waals surface area contributed by atoms with E-state index in [2.05, 4.69) is 5.43 Å². The highest BCUT2D eigenvalue weighted by molar-refractivity contribution is 4.44. The molecule has 0 amide bonds. The summed E-state index contributed by atoms with van der Waals surface area (Å²) in [5.74, 6) is 5.12. The third-order valence-electron chi connectivity index (χ3n) is 1.67. The number of hydrazine groups is 1. The van der Waals surface area contributed by atoms with Gasteiger partial charge in [-0.25, -0.2) is 0 Å². The van der Waals surface area contributed by atoms with Crippen LogP contribution in [0, 0.1) is 0 Å². The van der Waals surface area contributed by atoms with Crippen LogP contribution in [0.15, 0.2) is 0 Å². The zero-order valence-electron chi connectivity index (χ0n) is 9.44. The van der Waals surface area contributed by atoms with Gasteiger partial charge in [0.2, 0.25) is 0 Å². The Labute approximate surface area is 83.0 Å². The van der Waals surface area contributed by atoms with Gasteiger partial charge in [-0.3, -0.25) is 11.3 Å². The van der Waals surface area contributed by atoms with Crippen LogP contribution in [0.25, 0.3) is 0 Å². The summed E-state index contributed by atoms with van der Waals surface area (Å²) in [5.41, 5.74) is 2.65. The molecule has 0 atom stereocenters. The fraction of sp³-hybridized carbons (Fsp3) is 1.00. The second-order valence-electron chi connectivity index (χ2n) is 2.71. The largest absolute Gasteiger partial charge is 0.385 e. The number of ether oxygens (including phenoxy) is 1. The van der Waals surface area contributed by atoms with Crippen LogP contribution in [0.2, 0.25) is 0 Å². The summed E-state index contributed by atoms with van der Waals surface area (Å²) in [7, 11) is 1.75. The molecular weight excluding hydrogens is 164 g/mol. The van der Waals surface area contributed by atoms with Gasteiger partial charge >= 0.3 is 0 Å². The van der Waals surface area contributed by atoms with Crippen molar-refractivity contribution in [1.82, 2.24) is 5.43 Å². The van der Waals surface area contributed by atoms with E-state index in [1.165, 1.54) is 32.1 Å². The Bertz CT molecular complexity index is 61.9. The molecule has 0 unspecified atom stereocenters. The summed E-state index contributed by atoms with van der Waals surface area (Å²) >= 11 is 0. The first kappa shape index (κ1) is 15.4. The minimum Gasteiger partial charge on any atom is -0.385 e. The lowest BCUT2D eigenvalue weighted by atomic mass is 10.1. The molecule has 3 N–H and O–H groups in total. The minimum absolute atomic E-state index is 0.898. The van der Waals surface area contributed by atoms with Crippen molar-refractivity contribution in [3.8, 4) is 0 Å². The van der Waals surface area contributed by atoms with Crippen molar-refractivity contribution in [2.75, 3.05) is 20.3 Å². The molecule has 3 nitrogen and oxygen atoms in total. The van der Waals surface area contributed by atoms with Gasteiger partial charge in [0.15, 0.2) is 0 Å². The van der Waals surface area contributed by atoms with E-state index in [1.807, 2.05) is 13.8 Å². The Morgan fingerprint density at radius 2 is 1.54 bits per heavy atom. The molecule has 0 rings (SSSR count). The molecule has 0 aliphatic heterocycles. The zero-order valence-corrected chi connectivity index (χ0v) is 9.44. The van der Waals surface area contributed by atoms with Crippen molar-refractivity contribution in [1.29, 1.82) is 0 Å². The number of methoxy groups -OCH3 is 1. The predicted molar refractivity (Wildman–Crippen MR) is 58.5 cm³/mol. The average Bonchev–Trinajstić information content (AvgIpc) is 2.20. The van der Waals surface area contributed by atoms with Crippen molar-refractivity contribution < 1.29 is 4.74 Å². The normalized spacial score (nSPS) is 9.23. The molecule has 0 spiro atoms. The summed E-state index contributed by atoms with van der Waals surface area (Å²) in [6.45, 7) is 5.83. The molecule has 0 radical (unpaired) electrons. The molecule has 0 aromatic heterocycles. The van der Waals surface area contributed by atoms with Crippen LogP contribution in [-0.4, -0.2) is 20.3 Å². The van der Waals surface area contributed by atoms with Crippen LogP contribution < -0.4 is 11.3 Å². The van der Waals surface area contributed by atoms with Gasteiger partial charge in [0.1, 0.15) is 0 Å². The number of nitrogens with one attached hydrogen (secondary N) is 1. The maximum absolute atomic E-state index is 5.12. The Morgan fingerprint density at radius 1 is 1.00 bits per heavy atom. The molecule has 0 saturated carbocycles. The van der Waals surface area contributed by atoms with E-state index >= 15 is 0 Å². The van der Waals surface area contributed by atoms with E-state index in [4.69, 9.17) is 10.6 Å². The molecule has 82 valence electrons. The molecule has 0 saturated heterocycles. The molecule has 0 aliphatic carbocycles. The summed E-state index contributed by atoms with van der Waals surface area (Å²) in [5, 5.41) is 0. The van der Waals surface area contributed by atoms with Gasteiger partial charge in [0.05, 0.1) is 0 Å². The molecule has 0 aromatic rings. The van der Waals surface area contributed by atoms with Crippen LogP contribution in [0.4, 0.5) is 0 Å². The molecule has 0 heterocycles. The van der Waals surface area contributed by atoms with Crippen molar-refractivity contribution in [2.45, 2.75) is 46.0 Å². The fourth-order valence-electron chi connectivity index (χ4n) is 1.00. The van der Waals surface area contributed by atoms with E-state index < -0.39 is 0 Å². The highest BCUT2D eigenvalue weighted by Gasteiger charge is 1.88. The first-order valence-corrected chi connectivity index (χ1v) is 5.34. The van der Waals surface area contributed by atoms with Crippen LogP contribution in [0.5, 0.6) is 0 Å². The highest BCUT2D eigenvalue weighted by atomic mass is 16.5. The van der Waals surface area contributed by atoms with Crippen LogP contribution in [0.3, 0.4) is 0 Å². The Hall–Kier alpha value is -0.120. The quantitative estimate of drug-likeness (QED) is 0.350. The number of hydrogen-bond donors (Lipinski definition) is 2. The van der Waals surface area contributed by atoms with Gasteiger partial charge in [-0.15, -0.1) is 0 Å². The molecular formula is C10H26N2O. The van der Waals surface area contributed by atoms with Crippen molar-refractivity contribution in [3.05, 3.63) is 0 Å². The standard InChI is InChI=1S/C8H20N2O.C2H6/c1-11-8-6-4-2-3-5-7-10-9;1-2/h10H,2-9H2,1H3;1-2H3. The summed E-state index contributed by atoms with van der Waals surface area (Å²) in [6.07, 6.45) is 6.22. The first-order valence-electron chi connectivity index (χ1n) is 5.34. The summed E-state index contributed by atoms with van der Waals surface area (Å²) in [6, 6.07) is 0. The van der Waals surface area contributed by atoms with Crippen molar-refractivity contribution in [3.63, 3.8) is 0 Å². The Kier molecular flexibility index (Phi) is 21.1. The number of rotatable bonds is 8. The highest BCUT2D eigenvalue weighted by Crippen LogP contribution is 2.01. The van der Waals surface area contributed by atoms with E-state index in [9.17, 15) is 0 Å². The monoisotopic (exact) mass is 190 g/mol. The van der Waals surface area contributed by atoms with Gasteiger partial charge in [-0.2, -0.15) is 0 Å². The minimum atomic E-state index is 0.898. The van der Waals surface area contributed by atoms with E-state index in [-0.39, 0.29) is 0 Å². The van der Waals surface area contributed by atoms with Gasteiger partial charge < -0.3 is 4.74 Å². The number of hydrogen-bond acceptors (Lipinski definition) is 3. The van der Waals surface area contributed by atoms with E-state index in [0.717, 1.165) is 13.2 Å². The van der Waals surface area contributed by atoms with Crippen LogP contribution in [-0.2, 0) is 4.74 Å². The molecule has 0 aliphatic rings. The maximum atomic E-state index is 5.12. The molecule has 3 heteroatoms. The maximum Gasteiger partial charge on any atom is 0.0462 e. The molecule has 0 bridgehead atoms. The SMILES string of the molecule is CC.COCCCCCCCNN.